The second-order valence-electron chi connectivity index (χ2n) is 8.52. The van der Waals surface area contributed by atoms with Crippen molar-refractivity contribution in [3.05, 3.63) is 82.1 Å². The highest BCUT2D eigenvalue weighted by atomic mass is 79.9. The third kappa shape index (κ3) is 7.08. The lowest BCUT2D eigenvalue weighted by Crippen LogP contribution is -2.20. The quantitative estimate of drug-likeness (QED) is 0.195. The summed E-state index contributed by atoms with van der Waals surface area (Å²) in [5.74, 6) is 1.90. The molecule has 8 heteroatoms. The molecule has 0 radical (unpaired) electrons. The molecule has 0 aliphatic heterocycles. The molecule has 1 amide bonds. The molecule has 0 saturated carbocycles. The lowest BCUT2D eigenvalue weighted by molar-refractivity contribution is -0.118. The normalized spacial score (nSPS) is 11.0. The Morgan fingerprint density at radius 1 is 1.08 bits per heavy atom. The van der Waals surface area contributed by atoms with Crippen LogP contribution in [0.3, 0.4) is 0 Å². The van der Waals surface area contributed by atoms with Crippen molar-refractivity contribution in [3.8, 4) is 11.5 Å². The second-order valence-corrected chi connectivity index (χ2v) is 9.38. The van der Waals surface area contributed by atoms with Gasteiger partial charge in [-0.2, -0.15) is 0 Å². The van der Waals surface area contributed by atoms with Gasteiger partial charge in [0.15, 0.2) is 18.1 Å². The maximum absolute atomic E-state index is 12.4. The van der Waals surface area contributed by atoms with E-state index >= 15 is 0 Å². The van der Waals surface area contributed by atoms with Crippen LogP contribution in [-0.2, 0) is 17.8 Å². The van der Waals surface area contributed by atoms with E-state index in [4.69, 9.17) is 9.47 Å². The van der Waals surface area contributed by atoms with Crippen molar-refractivity contribution >= 4 is 38.6 Å². The van der Waals surface area contributed by atoms with Crippen LogP contribution in [0.15, 0.2) is 65.1 Å². The summed E-state index contributed by atoms with van der Waals surface area (Å²) < 4.78 is 12.4. The van der Waals surface area contributed by atoms with E-state index in [-0.39, 0.29) is 12.5 Å². The average Bonchev–Trinajstić information content (AvgIpc) is 3.28. The summed E-state index contributed by atoms with van der Waals surface area (Å²) in [6.07, 6.45) is 1.85. The number of carbonyl (C=O) groups is 1. The average molecular weight is 551 g/mol. The number of H-pyrrole nitrogens is 1. The molecule has 4 rings (SSSR count). The Hall–Kier alpha value is -3.36. The molecule has 0 aliphatic rings. The first-order chi connectivity index (χ1) is 17.5. The Bertz CT molecular complexity index is 1270. The number of hydrogen-bond acceptors (Lipinski definition) is 5. The van der Waals surface area contributed by atoms with Gasteiger partial charge in [-0.15, -0.1) is 0 Å². The number of aromatic amines is 1. The lowest BCUT2D eigenvalue weighted by atomic mass is 10.2. The number of halogens is 1. The molecule has 3 aromatic carbocycles. The Morgan fingerprint density at radius 2 is 1.89 bits per heavy atom. The molecule has 3 N–H and O–H groups in total. The van der Waals surface area contributed by atoms with Crippen molar-refractivity contribution < 1.29 is 14.3 Å². The Kier molecular flexibility index (Phi) is 8.97. The summed E-state index contributed by atoms with van der Waals surface area (Å²) in [6, 6.07) is 19.7. The predicted molar refractivity (Wildman–Crippen MR) is 147 cm³/mol. The zero-order valence-corrected chi connectivity index (χ0v) is 22.2. The third-order valence-corrected chi connectivity index (χ3v) is 6.18. The maximum atomic E-state index is 12.4. The number of benzene rings is 3. The van der Waals surface area contributed by atoms with Crippen LogP contribution in [0.4, 0.5) is 5.69 Å². The van der Waals surface area contributed by atoms with Crippen molar-refractivity contribution in [2.24, 2.45) is 0 Å². The Balaban J connectivity index is 1.28. The number of anilines is 1. The SMILES string of the molecule is CCOc1cc(CNCCCc2nc3ccccc3[nH]2)cc(Br)c1OCC(=O)Nc1ccc(C)cc1. The first-order valence-electron chi connectivity index (χ1n) is 12.1. The first-order valence-corrected chi connectivity index (χ1v) is 12.9. The summed E-state index contributed by atoms with van der Waals surface area (Å²) in [5.41, 5.74) is 5.01. The monoisotopic (exact) mass is 550 g/mol. The van der Waals surface area contributed by atoms with Gasteiger partial charge < -0.3 is 25.1 Å². The highest BCUT2D eigenvalue weighted by molar-refractivity contribution is 9.10. The molecule has 0 fully saturated rings. The summed E-state index contributed by atoms with van der Waals surface area (Å²) in [7, 11) is 0. The van der Waals surface area contributed by atoms with Gasteiger partial charge in [-0.1, -0.05) is 29.8 Å². The molecule has 0 spiro atoms. The fourth-order valence-electron chi connectivity index (χ4n) is 3.84. The Morgan fingerprint density at radius 3 is 2.67 bits per heavy atom. The number of nitrogens with one attached hydrogen (secondary N) is 3. The first kappa shape index (κ1) is 25.7. The summed E-state index contributed by atoms with van der Waals surface area (Å²) in [5, 5.41) is 6.32. The van der Waals surface area contributed by atoms with Crippen LogP contribution < -0.4 is 20.1 Å². The van der Waals surface area contributed by atoms with Crippen molar-refractivity contribution in [1.82, 2.24) is 15.3 Å². The van der Waals surface area contributed by atoms with E-state index < -0.39 is 0 Å². The number of carbonyl (C=O) groups excluding carboxylic acids is 1. The minimum Gasteiger partial charge on any atom is -0.490 e. The lowest BCUT2D eigenvalue weighted by Gasteiger charge is -2.16. The summed E-state index contributed by atoms with van der Waals surface area (Å²) in [4.78, 5) is 20.4. The largest absolute Gasteiger partial charge is 0.490 e. The van der Waals surface area contributed by atoms with Crippen molar-refractivity contribution in [2.75, 3.05) is 25.1 Å². The third-order valence-electron chi connectivity index (χ3n) is 5.59. The topological polar surface area (TPSA) is 88.3 Å². The van der Waals surface area contributed by atoms with E-state index in [1.807, 2.05) is 74.5 Å². The number of aromatic nitrogens is 2. The predicted octanol–water partition coefficient (Wildman–Crippen LogP) is 5.77. The number of amides is 1. The van der Waals surface area contributed by atoms with Crippen LogP contribution in [0.25, 0.3) is 11.0 Å². The number of hydrogen-bond donors (Lipinski definition) is 3. The molecule has 0 bridgehead atoms. The van der Waals surface area contributed by atoms with E-state index in [0.717, 1.165) is 57.5 Å². The van der Waals surface area contributed by atoms with Gasteiger partial charge in [-0.05, 0) is 84.7 Å². The van der Waals surface area contributed by atoms with Gasteiger partial charge >= 0.3 is 0 Å². The summed E-state index contributed by atoms with van der Waals surface area (Å²) in [6.45, 7) is 5.84. The zero-order valence-electron chi connectivity index (χ0n) is 20.6. The molecular formula is C28H31BrN4O3. The molecule has 0 aliphatic carbocycles. The number of imidazole rings is 1. The van der Waals surface area contributed by atoms with Gasteiger partial charge in [0.1, 0.15) is 5.82 Å². The Labute approximate surface area is 219 Å². The molecule has 4 aromatic rings. The van der Waals surface area contributed by atoms with E-state index in [1.54, 1.807) is 0 Å². The van der Waals surface area contributed by atoms with E-state index in [9.17, 15) is 4.79 Å². The number of ether oxygens (including phenoxy) is 2. The highest BCUT2D eigenvalue weighted by Gasteiger charge is 2.14. The van der Waals surface area contributed by atoms with Gasteiger partial charge in [-0.25, -0.2) is 4.98 Å². The molecule has 0 saturated heterocycles. The molecule has 188 valence electrons. The van der Waals surface area contributed by atoms with Gasteiger partial charge in [0.05, 0.1) is 22.1 Å². The molecule has 1 heterocycles. The molecule has 7 nitrogen and oxygen atoms in total. The highest BCUT2D eigenvalue weighted by Crippen LogP contribution is 2.37. The van der Waals surface area contributed by atoms with E-state index in [1.165, 1.54) is 0 Å². The van der Waals surface area contributed by atoms with Crippen molar-refractivity contribution in [2.45, 2.75) is 33.2 Å². The van der Waals surface area contributed by atoms with E-state index in [2.05, 4.69) is 36.5 Å². The smallest absolute Gasteiger partial charge is 0.262 e. The second kappa shape index (κ2) is 12.6. The van der Waals surface area contributed by atoms with Crippen molar-refractivity contribution in [3.63, 3.8) is 0 Å². The van der Waals surface area contributed by atoms with Crippen LogP contribution in [0.2, 0.25) is 0 Å². The number of fused-ring (bicyclic) bond motifs is 1. The molecule has 36 heavy (non-hydrogen) atoms. The minimum absolute atomic E-state index is 0.119. The maximum Gasteiger partial charge on any atom is 0.262 e. The van der Waals surface area contributed by atoms with Crippen molar-refractivity contribution in [1.29, 1.82) is 0 Å². The standard InChI is InChI=1S/C28H31BrN4O3/c1-3-35-25-16-20(17-30-14-6-9-26-32-23-7-4-5-8-24(23)33-26)15-22(29)28(25)36-18-27(34)31-21-12-10-19(2)11-13-21/h4-5,7-8,10-13,15-16,30H,3,6,9,14,17-18H2,1-2H3,(H,31,34)(H,32,33). The number of aryl methyl sites for hydroxylation is 2. The van der Waals surface area contributed by atoms with Crippen LogP contribution in [0, 0.1) is 6.92 Å². The number of para-hydroxylation sites is 2. The summed E-state index contributed by atoms with van der Waals surface area (Å²) >= 11 is 3.59. The van der Waals surface area contributed by atoms with Gasteiger partial charge in [-0.3, -0.25) is 4.79 Å². The van der Waals surface area contributed by atoms with Gasteiger partial charge in [0, 0.05) is 18.7 Å². The van der Waals surface area contributed by atoms with E-state index in [0.29, 0.717) is 24.7 Å². The van der Waals surface area contributed by atoms with Gasteiger partial charge in [0.25, 0.3) is 5.91 Å². The van der Waals surface area contributed by atoms with Crippen LogP contribution >= 0.6 is 15.9 Å². The molecule has 0 unspecified atom stereocenters. The number of rotatable bonds is 12. The fourth-order valence-corrected chi connectivity index (χ4v) is 4.44. The zero-order chi connectivity index (χ0) is 25.3. The van der Waals surface area contributed by atoms with Crippen LogP contribution in [0.1, 0.15) is 30.3 Å². The number of nitrogens with zero attached hydrogens (tertiary/aromatic N) is 1. The fraction of sp³-hybridized carbons (Fsp3) is 0.286. The molecule has 0 atom stereocenters. The molecule has 1 aromatic heterocycles. The van der Waals surface area contributed by atoms with Crippen LogP contribution in [-0.4, -0.2) is 35.6 Å². The minimum atomic E-state index is -0.233. The molecular weight excluding hydrogens is 520 g/mol. The van der Waals surface area contributed by atoms with Gasteiger partial charge in [0.2, 0.25) is 0 Å². The van der Waals surface area contributed by atoms with Crippen LogP contribution in [0.5, 0.6) is 11.5 Å².